The van der Waals surface area contributed by atoms with Gasteiger partial charge in [0.05, 0.1) is 29.9 Å². The van der Waals surface area contributed by atoms with Crippen LogP contribution in [0.15, 0.2) is 77.9 Å². The molecule has 180 valence electrons. The van der Waals surface area contributed by atoms with Gasteiger partial charge in [-0.1, -0.05) is 6.07 Å². The number of rotatable bonds is 7. The molecule has 8 heteroatoms. The van der Waals surface area contributed by atoms with E-state index in [0.29, 0.717) is 12.2 Å². The van der Waals surface area contributed by atoms with Crippen molar-refractivity contribution in [3.63, 3.8) is 0 Å². The predicted molar refractivity (Wildman–Crippen MR) is 137 cm³/mol. The van der Waals surface area contributed by atoms with Crippen LogP contribution in [-0.4, -0.2) is 32.8 Å². The minimum absolute atomic E-state index is 0.270. The van der Waals surface area contributed by atoms with Gasteiger partial charge in [-0.05, 0) is 66.9 Å². The third-order valence-electron chi connectivity index (χ3n) is 6.39. The molecule has 0 aliphatic carbocycles. The van der Waals surface area contributed by atoms with Gasteiger partial charge in [-0.25, -0.2) is 4.39 Å². The molecule has 2 aromatic carbocycles. The third kappa shape index (κ3) is 4.12. The summed E-state index contributed by atoms with van der Waals surface area (Å²) in [6.07, 6.45) is 7.42. The highest BCUT2D eigenvalue weighted by molar-refractivity contribution is 5.90. The maximum atomic E-state index is 13.7. The average molecular weight is 482 g/mol. The second-order valence-electron chi connectivity index (χ2n) is 8.94. The van der Waals surface area contributed by atoms with Crippen LogP contribution in [0.3, 0.4) is 0 Å². The van der Waals surface area contributed by atoms with Gasteiger partial charge in [0.25, 0.3) is 0 Å². The predicted octanol–water partition coefficient (Wildman–Crippen LogP) is 5.76. The minimum Gasteiger partial charge on any atom is -0.490 e. The van der Waals surface area contributed by atoms with Crippen molar-refractivity contribution in [1.82, 2.24) is 20.2 Å². The Hall–Kier alpha value is -4.43. The standard InChI is InChI=1S/C28H24FN5O2/c1-16-23-9-17(2-4-27(23)34-33-16)25-11-22(13-32-28(25)18-6-7-35-14-18)36-15-21(30)8-19-12-31-26-5-3-20(29)10-24(19)26/h2-7,9-14,21,31H,8,15,30H2,1H3,(H,33,34)/t21-/m0/s1. The molecule has 0 radical (unpaired) electrons. The Kier molecular flexibility index (Phi) is 5.50. The second-order valence-corrected chi connectivity index (χ2v) is 8.94. The number of benzene rings is 2. The number of hydrogen-bond donors (Lipinski definition) is 3. The van der Waals surface area contributed by atoms with Crippen molar-refractivity contribution >= 4 is 21.8 Å². The van der Waals surface area contributed by atoms with E-state index >= 15 is 0 Å². The number of nitrogens with one attached hydrogen (secondary N) is 2. The van der Waals surface area contributed by atoms with Crippen molar-refractivity contribution in [3.05, 3.63) is 90.5 Å². The molecule has 0 aliphatic heterocycles. The number of halogens is 1. The smallest absolute Gasteiger partial charge is 0.138 e. The fraction of sp³-hybridized carbons (Fsp3) is 0.143. The lowest BCUT2D eigenvalue weighted by Crippen LogP contribution is -2.30. The maximum Gasteiger partial charge on any atom is 0.138 e. The van der Waals surface area contributed by atoms with E-state index in [9.17, 15) is 4.39 Å². The lowest BCUT2D eigenvalue weighted by Gasteiger charge is -2.15. The van der Waals surface area contributed by atoms with Gasteiger partial charge in [0.15, 0.2) is 0 Å². The maximum absolute atomic E-state index is 13.7. The van der Waals surface area contributed by atoms with Crippen molar-refractivity contribution in [3.8, 4) is 28.1 Å². The summed E-state index contributed by atoms with van der Waals surface area (Å²) in [6.45, 7) is 2.28. The van der Waals surface area contributed by atoms with Crippen LogP contribution in [0.1, 0.15) is 11.3 Å². The van der Waals surface area contributed by atoms with Gasteiger partial charge in [-0.2, -0.15) is 5.10 Å². The van der Waals surface area contributed by atoms with Gasteiger partial charge in [0, 0.05) is 45.3 Å². The Labute approximate surface area is 206 Å². The van der Waals surface area contributed by atoms with Crippen LogP contribution in [-0.2, 0) is 6.42 Å². The van der Waals surface area contributed by atoms with E-state index in [4.69, 9.17) is 19.9 Å². The van der Waals surface area contributed by atoms with E-state index in [1.54, 1.807) is 24.8 Å². The van der Waals surface area contributed by atoms with Crippen molar-refractivity contribution in [1.29, 1.82) is 0 Å². The average Bonchev–Trinajstić information content (AvgIpc) is 3.64. The second kappa shape index (κ2) is 8.98. The van der Waals surface area contributed by atoms with Crippen molar-refractivity contribution in [2.24, 2.45) is 5.73 Å². The molecule has 0 fully saturated rings. The largest absolute Gasteiger partial charge is 0.490 e. The van der Waals surface area contributed by atoms with Crippen LogP contribution < -0.4 is 10.5 Å². The Bertz CT molecular complexity index is 1670. The monoisotopic (exact) mass is 481 g/mol. The van der Waals surface area contributed by atoms with E-state index < -0.39 is 0 Å². The van der Waals surface area contributed by atoms with Gasteiger partial charge >= 0.3 is 0 Å². The first-order valence-electron chi connectivity index (χ1n) is 11.7. The highest BCUT2D eigenvalue weighted by Gasteiger charge is 2.15. The molecule has 4 aromatic heterocycles. The van der Waals surface area contributed by atoms with Crippen molar-refractivity contribution in [2.45, 2.75) is 19.4 Å². The number of nitrogens with two attached hydrogens (primary N) is 1. The molecular formula is C28H24FN5O2. The van der Waals surface area contributed by atoms with E-state index in [1.807, 2.05) is 37.4 Å². The molecule has 0 saturated heterocycles. The summed E-state index contributed by atoms with van der Waals surface area (Å²) in [4.78, 5) is 7.86. The quantitative estimate of drug-likeness (QED) is 0.269. The molecule has 0 unspecified atom stereocenters. The first-order valence-corrected chi connectivity index (χ1v) is 11.7. The van der Waals surface area contributed by atoms with Crippen molar-refractivity contribution in [2.75, 3.05) is 6.61 Å². The van der Waals surface area contributed by atoms with Gasteiger partial charge in [0.1, 0.15) is 18.2 Å². The van der Waals surface area contributed by atoms with Gasteiger partial charge in [-0.3, -0.25) is 10.1 Å². The summed E-state index contributed by atoms with van der Waals surface area (Å²) in [7, 11) is 0. The number of aromatic amines is 2. The molecule has 6 aromatic rings. The zero-order valence-electron chi connectivity index (χ0n) is 19.6. The molecule has 0 spiro atoms. The molecule has 1 atom stereocenters. The molecule has 0 bridgehead atoms. The topological polar surface area (TPSA) is 106 Å². The molecule has 7 nitrogen and oxygen atoms in total. The molecule has 6 rings (SSSR count). The van der Waals surface area contributed by atoms with E-state index in [0.717, 1.165) is 55.4 Å². The zero-order chi connectivity index (χ0) is 24.6. The van der Waals surface area contributed by atoms with Crippen LogP contribution in [0.25, 0.3) is 44.2 Å². The number of pyridine rings is 1. The fourth-order valence-electron chi connectivity index (χ4n) is 4.54. The third-order valence-corrected chi connectivity index (χ3v) is 6.39. The summed E-state index contributed by atoms with van der Waals surface area (Å²) in [5.74, 6) is 0.343. The number of H-pyrrole nitrogens is 2. The first kappa shape index (κ1) is 22.1. The Morgan fingerprint density at radius 1 is 1.08 bits per heavy atom. The lowest BCUT2D eigenvalue weighted by molar-refractivity contribution is 0.287. The van der Waals surface area contributed by atoms with Crippen LogP contribution in [0.2, 0.25) is 0 Å². The number of hydrogen-bond acceptors (Lipinski definition) is 5. The van der Waals surface area contributed by atoms with Gasteiger partial charge < -0.3 is 19.9 Å². The number of ether oxygens (including phenoxy) is 1. The molecular weight excluding hydrogens is 457 g/mol. The number of aromatic nitrogens is 4. The number of nitrogens with zero attached hydrogens (tertiary/aromatic N) is 2. The Morgan fingerprint density at radius 3 is 2.86 bits per heavy atom. The number of furan rings is 1. The Balaban J connectivity index is 1.27. The van der Waals surface area contributed by atoms with Gasteiger partial charge in [0.2, 0.25) is 0 Å². The normalized spacial score (nSPS) is 12.4. The van der Waals surface area contributed by atoms with E-state index in [1.165, 1.54) is 12.1 Å². The molecule has 36 heavy (non-hydrogen) atoms. The molecule has 4 N–H and O–H groups in total. The highest BCUT2D eigenvalue weighted by atomic mass is 19.1. The fourth-order valence-corrected chi connectivity index (χ4v) is 4.54. The SMILES string of the molecule is Cc1[nH]nc2ccc(-c3cc(OC[C@@H](N)Cc4c[nH]c5ccc(F)cc45)cnc3-c3ccoc3)cc12. The summed E-state index contributed by atoms with van der Waals surface area (Å²) >= 11 is 0. The molecule has 0 saturated carbocycles. The van der Waals surface area contributed by atoms with Gasteiger partial charge in [-0.15, -0.1) is 0 Å². The van der Waals surface area contributed by atoms with Crippen LogP contribution in [0.5, 0.6) is 5.75 Å². The van der Waals surface area contributed by atoms with E-state index in [-0.39, 0.29) is 18.5 Å². The van der Waals surface area contributed by atoms with E-state index in [2.05, 4.69) is 21.2 Å². The molecule has 0 amide bonds. The highest BCUT2D eigenvalue weighted by Crippen LogP contribution is 2.35. The number of fused-ring (bicyclic) bond motifs is 2. The van der Waals surface area contributed by atoms with Crippen LogP contribution in [0, 0.1) is 12.7 Å². The van der Waals surface area contributed by atoms with Crippen LogP contribution in [0.4, 0.5) is 4.39 Å². The zero-order valence-corrected chi connectivity index (χ0v) is 19.6. The van der Waals surface area contributed by atoms with Crippen LogP contribution >= 0.6 is 0 Å². The summed E-state index contributed by atoms with van der Waals surface area (Å²) < 4.78 is 25.1. The molecule has 4 heterocycles. The number of aryl methyl sites for hydroxylation is 1. The minimum atomic E-state index is -0.283. The summed E-state index contributed by atoms with van der Waals surface area (Å²) in [5.41, 5.74) is 13.7. The lowest BCUT2D eigenvalue weighted by atomic mass is 9.99. The molecule has 0 aliphatic rings. The first-order chi connectivity index (χ1) is 17.5. The summed E-state index contributed by atoms with van der Waals surface area (Å²) in [5, 5.41) is 9.25. The summed E-state index contributed by atoms with van der Waals surface area (Å²) in [6, 6.07) is 14.4. The van der Waals surface area contributed by atoms with Crippen molar-refractivity contribution < 1.29 is 13.5 Å². The Morgan fingerprint density at radius 2 is 2.00 bits per heavy atom.